The van der Waals surface area contributed by atoms with Crippen LogP contribution in [0.1, 0.15) is 5.56 Å². The van der Waals surface area contributed by atoms with Crippen molar-refractivity contribution in [2.24, 2.45) is 0 Å². The minimum atomic E-state index is -0.479. The Bertz CT molecular complexity index is 825. The molecule has 3 rings (SSSR count). The van der Waals surface area contributed by atoms with E-state index in [-0.39, 0.29) is 0 Å². The Morgan fingerprint density at radius 3 is 2.90 bits per heavy atom. The van der Waals surface area contributed by atoms with Gasteiger partial charge in [-0.3, -0.25) is 4.98 Å². The molecular formula is C14H11ClN2O2S. The highest BCUT2D eigenvalue weighted by atomic mass is 35.5. The first-order valence-corrected chi connectivity index (χ1v) is 7.28. The maximum atomic E-state index is 11.1. The lowest BCUT2D eigenvalue weighted by Gasteiger charge is -2.06. The second-order valence-corrected chi connectivity index (χ2v) is 5.71. The number of aromatic nitrogens is 1. The van der Waals surface area contributed by atoms with E-state index < -0.39 is 5.76 Å². The van der Waals surface area contributed by atoms with E-state index in [1.807, 2.05) is 30.3 Å². The number of thioether (sulfide) groups is 1. The van der Waals surface area contributed by atoms with Crippen LogP contribution in [0.4, 0.5) is 5.69 Å². The van der Waals surface area contributed by atoms with E-state index in [1.165, 1.54) is 0 Å². The molecule has 6 heteroatoms. The second-order valence-electron chi connectivity index (χ2n) is 4.28. The van der Waals surface area contributed by atoms with Gasteiger partial charge in [-0.1, -0.05) is 29.8 Å². The van der Waals surface area contributed by atoms with Gasteiger partial charge in [0.25, 0.3) is 0 Å². The third kappa shape index (κ3) is 2.55. The molecule has 4 nitrogen and oxygen atoms in total. The number of rotatable bonds is 3. The predicted molar refractivity (Wildman–Crippen MR) is 82.3 cm³/mol. The van der Waals surface area contributed by atoms with E-state index in [2.05, 4.69) is 4.98 Å². The Morgan fingerprint density at radius 1 is 1.30 bits per heavy atom. The Balaban J connectivity index is 1.89. The lowest BCUT2D eigenvalue weighted by molar-refractivity contribution is 0.555. The van der Waals surface area contributed by atoms with Crippen LogP contribution >= 0.6 is 23.4 Å². The lowest BCUT2D eigenvalue weighted by Crippen LogP contribution is -1.93. The molecule has 0 aliphatic heterocycles. The fourth-order valence-corrected chi connectivity index (χ4v) is 3.16. The first-order chi connectivity index (χ1) is 9.63. The summed E-state index contributed by atoms with van der Waals surface area (Å²) in [5.74, 6) is 0.227. The molecule has 0 unspecified atom stereocenters. The fraction of sp³-hybridized carbons (Fsp3) is 0.0714. The number of oxazole rings is 1. The van der Waals surface area contributed by atoms with E-state index in [1.54, 1.807) is 17.8 Å². The minimum absolute atomic E-state index is 0.467. The SMILES string of the molecule is Nc1cc2oc(=O)[nH]c2cc1SCc1ccccc1Cl. The number of nitrogen functional groups attached to an aromatic ring is 1. The minimum Gasteiger partial charge on any atom is -0.408 e. The molecule has 0 saturated heterocycles. The average Bonchev–Trinajstić information content (AvgIpc) is 2.76. The van der Waals surface area contributed by atoms with Gasteiger partial charge in [0.1, 0.15) is 0 Å². The third-order valence-electron chi connectivity index (χ3n) is 2.89. The van der Waals surface area contributed by atoms with Crippen molar-refractivity contribution in [1.82, 2.24) is 4.98 Å². The van der Waals surface area contributed by atoms with E-state index in [0.29, 0.717) is 22.5 Å². The van der Waals surface area contributed by atoms with Crippen molar-refractivity contribution in [3.63, 3.8) is 0 Å². The lowest BCUT2D eigenvalue weighted by atomic mass is 10.2. The van der Waals surface area contributed by atoms with Gasteiger partial charge in [0.15, 0.2) is 5.58 Å². The number of anilines is 1. The summed E-state index contributed by atoms with van der Waals surface area (Å²) in [6.45, 7) is 0. The first-order valence-electron chi connectivity index (χ1n) is 5.92. The molecule has 0 atom stereocenters. The highest BCUT2D eigenvalue weighted by molar-refractivity contribution is 7.98. The van der Waals surface area contributed by atoms with Crippen LogP contribution in [0.25, 0.3) is 11.1 Å². The van der Waals surface area contributed by atoms with E-state index >= 15 is 0 Å². The predicted octanol–water partition coefficient (Wildman–Crippen LogP) is 3.65. The molecule has 1 heterocycles. The molecule has 102 valence electrons. The van der Waals surface area contributed by atoms with Crippen molar-refractivity contribution in [2.75, 3.05) is 5.73 Å². The molecule has 3 aromatic rings. The topological polar surface area (TPSA) is 72.0 Å². The summed E-state index contributed by atoms with van der Waals surface area (Å²) in [5.41, 5.74) is 8.70. The molecule has 0 radical (unpaired) electrons. The number of H-pyrrole nitrogens is 1. The molecule has 20 heavy (non-hydrogen) atoms. The first kappa shape index (κ1) is 13.1. The summed E-state index contributed by atoms with van der Waals surface area (Å²) in [6, 6.07) is 11.1. The number of halogens is 1. The Morgan fingerprint density at radius 2 is 2.10 bits per heavy atom. The van der Waals surface area contributed by atoms with Gasteiger partial charge in [-0.2, -0.15) is 0 Å². The van der Waals surface area contributed by atoms with E-state index in [9.17, 15) is 4.79 Å². The Hall–Kier alpha value is -1.85. The Kier molecular flexibility index (Phi) is 3.46. The smallest absolute Gasteiger partial charge is 0.408 e. The molecule has 3 N–H and O–H groups in total. The van der Waals surface area contributed by atoms with E-state index in [0.717, 1.165) is 15.5 Å². The molecule has 0 aliphatic rings. The second kappa shape index (κ2) is 5.26. The van der Waals surface area contributed by atoms with Crippen molar-refractivity contribution in [3.05, 3.63) is 57.5 Å². The van der Waals surface area contributed by atoms with Crippen molar-refractivity contribution in [1.29, 1.82) is 0 Å². The molecule has 0 spiro atoms. The van der Waals surface area contributed by atoms with Crippen LogP contribution in [0.5, 0.6) is 0 Å². The summed E-state index contributed by atoms with van der Waals surface area (Å²) >= 11 is 7.69. The fourth-order valence-electron chi connectivity index (χ4n) is 1.89. The van der Waals surface area contributed by atoms with E-state index in [4.69, 9.17) is 21.8 Å². The van der Waals surface area contributed by atoms with Crippen LogP contribution in [-0.2, 0) is 5.75 Å². The molecule has 0 amide bonds. The quantitative estimate of drug-likeness (QED) is 0.572. The maximum absolute atomic E-state index is 11.1. The molecule has 0 fully saturated rings. The summed E-state index contributed by atoms with van der Waals surface area (Å²) in [7, 11) is 0. The van der Waals surface area contributed by atoms with Crippen molar-refractivity contribution < 1.29 is 4.42 Å². The zero-order chi connectivity index (χ0) is 14.1. The summed E-state index contributed by atoms with van der Waals surface area (Å²) in [5, 5.41) is 0.733. The number of hydrogen-bond donors (Lipinski definition) is 2. The maximum Gasteiger partial charge on any atom is 0.417 e. The van der Waals surface area contributed by atoms with Gasteiger partial charge in [0.2, 0.25) is 0 Å². The van der Waals surface area contributed by atoms with Gasteiger partial charge in [-0.05, 0) is 17.7 Å². The van der Waals surface area contributed by atoms with Crippen LogP contribution in [0.3, 0.4) is 0 Å². The molecule has 0 saturated carbocycles. The number of benzene rings is 2. The molecular weight excluding hydrogens is 296 g/mol. The highest BCUT2D eigenvalue weighted by Gasteiger charge is 2.08. The van der Waals surface area contributed by atoms with Gasteiger partial charge in [-0.15, -0.1) is 11.8 Å². The summed E-state index contributed by atoms with van der Waals surface area (Å²) in [6.07, 6.45) is 0. The van der Waals surface area contributed by atoms with Gasteiger partial charge in [-0.25, -0.2) is 4.79 Å². The van der Waals surface area contributed by atoms with Crippen LogP contribution in [0, 0.1) is 0 Å². The molecule has 2 aromatic carbocycles. The number of aromatic amines is 1. The zero-order valence-electron chi connectivity index (χ0n) is 10.4. The normalized spacial score (nSPS) is 11.1. The number of nitrogens with two attached hydrogens (primary N) is 1. The molecule has 0 bridgehead atoms. The number of nitrogens with one attached hydrogen (secondary N) is 1. The number of fused-ring (bicyclic) bond motifs is 1. The monoisotopic (exact) mass is 306 g/mol. The van der Waals surface area contributed by atoms with Gasteiger partial charge in [0.05, 0.1) is 5.52 Å². The Labute approximate surface area is 123 Å². The summed E-state index contributed by atoms with van der Waals surface area (Å²) in [4.78, 5) is 14.7. The van der Waals surface area contributed by atoms with Crippen molar-refractivity contribution >= 4 is 40.1 Å². The molecule has 1 aromatic heterocycles. The average molecular weight is 307 g/mol. The summed E-state index contributed by atoms with van der Waals surface area (Å²) < 4.78 is 4.96. The molecule has 0 aliphatic carbocycles. The highest BCUT2D eigenvalue weighted by Crippen LogP contribution is 2.32. The van der Waals surface area contributed by atoms with Gasteiger partial charge >= 0.3 is 5.76 Å². The van der Waals surface area contributed by atoms with Gasteiger partial charge in [0, 0.05) is 27.4 Å². The van der Waals surface area contributed by atoms with Crippen molar-refractivity contribution in [2.45, 2.75) is 10.6 Å². The van der Waals surface area contributed by atoms with Crippen molar-refractivity contribution in [3.8, 4) is 0 Å². The standard InChI is InChI=1S/C14H11ClN2O2S/c15-9-4-2-1-3-8(9)7-20-13-6-11-12(5-10(13)16)19-14(18)17-11/h1-6H,7,16H2,(H,17,18). The van der Waals surface area contributed by atoms with Gasteiger partial charge < -0.3 is 10.2 Å². The number of hydrogen-bond acceptors (Lipinski definition) is 4. The third-order valence-corrected chi connectivity index (χ3v) is 4.38. The van der Waals surface area contributed by atoms with Crippen LogP contribution < -0.4 is 11.5 Å². The largest absolute Gasteiger partial charge is 0.417 e. The van der Waals surface area contributed by atoms with Crippen LogP contribution in [-0.4, -0.2) is 4.98 Å². The van der Waals surface area contributed by atoms with Crippen LogP contribution in [0.15, 0.2) is 50.5 Å². The van der Waals surface area contributed by atoms with Crippen LogP contribution in [0.2, 0.25) is 5.02 Å². The zero-order valence-corrected chi connectivity index (χ0v) is 11.9.